The lowest BCUT2D eigenvalue weighted by Gasteiger charge is -2.35. The maximum Gasteiger partial charge on any atom is 0.411 e. The Morgan fingerprint density at radius 2 is 1.96 bits per heavy atom. The highest BCUT2D eigenvalue weighted by Crippen LogP contribution is 2.19. The second kappa shape index (κ2) is 6.62. The van der Waals surface area contributed by atoms with Crippen molar-refractivity contribution < 1.29 is 27.8 Å². The summed E-state index contributed by atoms with van der Waals surface area (Å²) in [7, 11) is 0. The molecule has 1 aliphatic rings. The van der Waals surface area contributed by atoms with Crippen molar-refractivity contribution in [1.29, 1.82) is 0 Å². The smallest absolute Gasteiger partial charge is 0.411 e. The van der Waals surface area contributed by atoms with Gasteiger partial charge in [0.2, 0.25) is 0 Å². The van der Waals surface area contributed by atoms with E-state index >= 15 is 0 Å². The highest BCUT2D eigenvalue weighted by Gasteiger charge is 2.36. The summed E-state index contributed by atoms with van der Waals surface area (Å²) in [4.78, 5) is 26.0. The molecular weight excluding hydrogens is 308 g/mol. The summed E-state index contributed by atoms with van der Waals surface area (Å²) in [6.45, 7) is 5.61. The Hall–Kier alpha value is -2.02. The van der Waals surface area contributed by atoms with Gasteiger partial charge in [0.05, 0.1) is 13.2 Å². The molecule has 1 amide bonds. The lowest BCUT2D eigenvalue weighted by molar-refractivity contribution is -0.0265. The minimum atomic E-state index is -1.11. The van der Waals surface area contributed by atoms with E-state index in [0.29, 0.717) is 0 Å². The standard InChI is InChI=1S/C16H19F2NO4/c1-16(2,3)23-15(21)19-6-7-22-9-13(19)14(20)10-4-5-11(17)12(18)8-10/h4-5,8,13H,6-7,9H2,1-3H3. The quantitative estimate of drug-likeness (QED) is 0.784. The lowest BCUT2D eigenvalue weighted by atomic mass is 10.0. The molecule has 1 aromatic carbocycles. The van der Waals surface area contributed by atoms with Crippen molar-refractivity contribution in [3.8, 4) is 0 Å². The van der Waals surface area contributed by atoms with Gasteiger partial charge in [0.25, 0.3) is 0 Å². The number of ketones is 1. The number of carbonyl (C=O) groups excluding carboxylic acids is 2. The van der Waals surface area contributed by atoms with Crippen LogP contribution in [0.1, 0.15) is 31.1 Å². The maximum absolute atomic E-state index is 13.3. The maximum atomic E-state index is 13.3. The first-order valence-electron chi connectivity index (χ1n) is 7.25. The Bertz CT molecular complexity index is 613. The van der Waals surface area contributed by atoms with Crippen LogP contribution in [0.4, 0.5) is 13.6 Å². The lowest BCUT2D eigenvalue weighted by Crippen LogP contribution is -2.53. The van der Waals surface area contributed by atoms with E-state index in [4.69, 9.17) is 9.47 Å². The van der Waals surface area contributed by atoms with Crippen LogP contribution >= 0.6 is 0 Å². The summed E-state index contributed by atoms with van der Waals surface area (Å²) >= 11 is 0. The predicted molar refractivity (Wildman–Crippen MR) is 78.2 cm³/mol. The van der Waals surface area contributed by atoms with Crippen molar-refractivity contribution >= 4 is 11.9 Å². The van der Waals surface area contributed by atoms with Crippen LogP contribution < -0.4 is 0 Å². The fourth-order valence-electron chi connectivity index (χ4n) is 2.20. The first-order chi connectivity index (χ1) is 10.7. The summed E-state index contributed by atoms with van der Waals surface area (Å²) in [6, 6.07) is 1.95. The Labute approximate surface area is 133 Å². The summed E-state index contributed by atoms with van der Waals surface area (Å²) in [5.74, 6) is -2.67. The Balaban J connectivity index is 2.21. The van der Waals surface area contributed by atoms with Gasteiger partial charge in [0.15, 0.2) is 17.4 Å². The summed E-state index contributed by atoms with van der Waals surface area (Å²) in [5, 5.41) is 0. The number of ether oxygens (including phenoxy) is 2. The summed E-state index contributed by atoms with van der Waals surface area (Å²) < 4.78 is 36.9. The molecule has 0 spiro atoms. The van der Waals surface area contributed by atoms with Gasteiger partial charge in [-0.1, -0.05) is 0 Å². The molecule has 2 rings (SSSR count). The van der Waals surface area contributed by atoms with Crippen molar-refractivity contribution in [3.05, 3.63) is 35.4 Å². The molecule has 0 aliphatic carbocycles. The van der Waals surface area contributed by atoms with E-state index in [-0.39, 0.29) is 25.3 Å². The number of carbonyl (C=O) groups is 2. The Morgan fingerprint density at radius 3 is 2.57 bits per heavy atom. The molecule has 0 bridgehead atoms. The van der Waals surface area contributed by atoms with E-state index in [9.17, 15) is 18.4 Å². The molecule has 5 nitrogen and oxygen atoms in total. The number of morpholine rings is 1. The molecule has 1 heterocycles. The molecule has 1 unspecified atom stereocenters. The monoisotopic (exact) mass is 327 g/mol. The number of hydrogen-bond acceptors (Lipinski definition) is 4. The number of hydrogen-bond donors (Lipinski definition) is 0. The van der Waals surface area contributed by atoms with Gasteiger partial charge in [-0.05, 0) is 39.0 Å². The zero-order chi connectivity index (χ0) is 17.2. The van der Waals surface area contributed by atoms with Gasteiger partial charge in [-0.15, -0.1) is 0 Å². The number of nitrogens with zero attached hydrogens (tertiary/aromatic N) is 1. The molecule has 1 atom stereocenters. The second-order valence-electron chi connectivity index (χ2n) is 6.26. The zero-order valence-electron chi connectivity index (χ0n) is 13.3. The van der Waals surface area contributed by atoms with Gasteiger partial charge < -0.3 is 9.47 Å². The van der Waals surface area contributed by atoms with Crippen LogP contribution in [0.15, 0.2) is 18.2 Å². The van der Waals surface area contributed by atoms with Gasteiger partial charge in [0.1, 0.15) is 11.6 Å². The molecule has 7 heteroatoms. The van der Waals surface area contributed by atoms with Crippen molar-refractivity contribution in [2.75, 3.05) is 19.8 Å². The van der Waals surface area contributed by atoms with E-state index < -0.39 is 35.2 Å². The van der Waals surface area contributed by atoms with Crippen molar-refractivity contribution in [2.45, 2.75) is 32.4 Å². The molecule has 0 saturated carbocycles. The van der Waals surface area contributed by atoms with Crippen molar-refractivity contribution in [1.82, 2.24) is 4.90 Å². The van der Waals surface area contributed by atoms with E-state index in [0.717, 1.165) is 12.1 Å². The first kappa shape index (κ1) is 17.3. The molecule has 1 aromatic rings. The minimum absolute atomic E-state index is 0.0168. The largest absolute Gasteiger partial charge is 0.444 e. The normalized spacial score (nSPS) is 18.7. The van der Waals surface area contributed by atoms with Crippen LogP contribution in [-0.2, 0) is 9.47 Å². The van der Waals surface area contributed by atoms with Gasteiger partial charge >= 0.3 is 6.09 Å². The third-order valence-corrected chi connectivity index (χ3v) is 3.26. The Kier molecular flexibility index (Phi) is 4.99. The van der Waals surface area contributed by atoms with Gasteiger partial charge in [-0.25, -0.2) is 13.6 Å². The van der Waals surface area contributed by atoms with Crippen LogP contribution in [0.5, 0.6) is 0 Å². The molecule has 126 valence electrons. The van der Waals surface area contributed by atoms with Gasteiger partial charge in [-0.3, -0.25) is 9.69 Å². The average molecular weight is 327 g/mol. The third kappa shape index (κ3) is 4.25. The molecule has 0 radical (unpaired) electrons. The number of halogens is 2. The second-order valence-corrected chi connectivity index (χ2v) is 6.26. The highest BCUT2D eigenvalue weighted by molar-refractivity contribution is 6.01. The number of rotatable bonds is 2. The van der Waals surface area contributed by atoms with Crippen LogP contribution in [0, 0.1) is 11.6 Å². The number of Topliss-reactive ketones (excluding diaryl/α,β-unsaturated/α-hetero) is 1. The summed E-state index contributed by atoms with van der Waals surface area (Å²) in [6.07, 6.45) is -0.637. The highest BCUT2D eigenvalue weighted by atomic mass is 19.2. The molecule has 0 N–H and O–H groups in total. The predicted octanol–water partition coefficient (Wildman–Crippen LogP) is 2.78. The molecule has 1 aliphatic heterocycles. The molecule has 23 heavy (non-hydrogen) atoms. The fraction of sp³-hybridized carbons (Fsp3) is 0.500. The Morgan fingerprint density at radius 1 is 1.26 bits per heavy atom. The molecular formula is C16H19F2NO4. The van der Waals surface area contributed by atoms with Crippen molar-refractivity contribution in [2.24, 2.45) is 0 Å². The molecule has 1 saturated heterocycles. The van der Waals surface area contributed by atoms with E-state index in [1.54, 1.807) is 20.8 Å². The van der Waals surface area contributed by atoms with Crippen LogP contribution in [0.3, 0.4) is 0 Å². The van der Waals surface area contributed by atoms with Crippen LogP contribution in [-0.4, -0.2) is 48.2 Å². The van der Waals surface area contributed by atoms with Crippen LogP contribution in [0.2, 0.25) is 0 Å². The first-order valence-corrected chi connectivity index (χ1v) is 7.25. The third-order valence-electron chi connectivity index (χ3n) is 3.26. The van der Waals surface area contributed by atoms with Crippen LogP contribution in [0.25, 0.3) is 0 Å². The summed E-state index contributed by atoms with van der Waals surface area (Å²) in [5.41, 5.74) is -0.724. The molecule has 0 aromatic heterocycles. The SMILES string of the molecule is CC(C)(C)OC(=O)N1CCOCC1C(=O)c1ccc(F)c(F)c1. The zero-order valence-corrected chi connectivity index (χ0v) is 13.3. The van der Waals surface area contributed by atoms with E-state index in [1.807, 2.05) is 0 Å². The fourth-order valence-corrected chi connectivity index (χ4v) is 2.20. The number of benzene rings is 1. The van der Waals surface area contributed by atoms with E-state index in [2.05, 4.69) is 0 Å². The van der Waals surface area contributed by atoms with Gasteiger partial charge in [0, 0.05) is 12.1 Å². The number of amides is 1. The van der Waals surface area contributed by atoms with E-state index in [1.165, 1.54) is 11.0 Å². The van der Waals surface area contributed by atoms with Crippen molar-refractivity contribution in [3.63, 3.8) is 0 Å². The average Bonchev–Trinajstić information content (AvgIpc) is 2.47. The minimum Gasteiger partial charge on any atom is -0.444 e. The topological polar surface area (TPSA) is 55.8 Å². The molecule has 1 fully saturated rings. The van der Waals surface area contributed by atoms with Gasteiger partial charge in [-0.2, -0.15) is 0 Å².